The second kappa shape index (κ2) is 2.91. The van der Waals surface area contributed by atoms with Gasteiger partial charge in [-0.25, -0.2) is 14.6 Å². The van der Waals surface area contributed by atoms with Gasteiger partial charge in [-0.3, -0.25) is 0 Å². The maximum Gasteiger partial charge on any atom is 0.166 e. The molecule has 5 heteroatoms. The fourth-order valence-corrected chi connectivity index (χ4v) is 1.57. The Balaban J connectivity index is 2.30. The van der Waals surface area contributed by atoms with Crippen LogP contribution >= 0.6 is 0 Å². The molecular formula is C10H9N5. The molecule has 0 amide bonds. The van der Waals surface area contributed by atoms with Gasteiger partial charge in [0.2, 0.25) is 0 Å². The van der Waals surface area contributed by atoms with E-state index in [0.29, 0.717) is 0 Å². The van der Waals surface area contributed by atoms with Crippen LogP contribution in [-0.2, 0) is 0 Å². The third kappa shape index (κ3) is 1.20. The van der Waals surface area contributed by atoms with E-state index in [1.54, 1.807) is 10.9 Å². The van der Waals surface area contributed by atoms with E-state index in [9.17, 15) is 0 Å². The number of H-pyrrole nitrogens is 1. The Bertz CT molecular complexity index is 607. The Hall–Kier alpha value is -2.17. The van der Waals surface area contributed by atoms with Gasteiger partial charge in [-0.2, -0.15) is 5.10 Å². The molecule has 3 heterocycles. The van der Waals surface area contributed by atoms with E-state index in [2.05, 4.69) is 20.1 Å². The second-order valence-corrected chi connectivity index (χ2v) is 3.40. The topological polar surface area (TPSA) is 59.4 Å². The molecule has 1 N–H and O–H groups in total. The van der Waals surface area contributed by atoms with Gasteiger partial charge in [0.15, 0.2) is 5.82 Å². The van der Waals surface area contributed by atoms with Crippen LogP contribution in [0, 0.1) is 6.92 Å². The van der Waals surface area contributed by atoms with Crippen LogP contribution in [0.25, 0.3) is 16.9 Å². The molecule has 0 aliphatic carbocycles. The number of hydrogen-bond donors (Lipinski definition) is 1. The minimum atomic E-state index is 0.800. The maximum absolute atomic E-state index is 4.23. The number of rotatable bonds is 1. The number of nitrogens with one attached hydrogen (secondary N) is 1. The molecule has 0 saturated carbocycles. The van der Waals surface area contributed by atoms with Crippen LogP contribution in [0.2, 0.25) is 0 Å². The highest BCUT2D eigenvalue weighted by atomic mass is 15.3. The van der Waals surface area contributed by atoms with Crippen molar-refractivity contribution in [3.8, 4) is 5.82 Å². The molecule has 0 unspecified atom stereocenters. The molecule has 3 aromatic heterocycles. The summed E-state index contributed by atoms with van der Waals surface area (Å²) in [7, 11) is 0. The fourth-order valence-electron chi connectivity index (χ4n) is 1.57. The summed E-state index contributed by atoms with van der Waals surface area (Å²) in [4.78, 5) is 11.4. The van der Waals surface area contributed by atoms with Crippen LogP contribution in [0.3, 0.4) is 0 Å². The summed E-state index contributed by atoms with van der Waals surface area (Å²) in [6.07, 6.45) is 7.12. The first kappa shape index (κ1) is 8.16. The van der Waals surface area contributed by atoms with Gasteiger partial charge in [-0.15, -0.1) is 0 Å². The molecule has 0 atom stereocenters. The van der Waals surface area contributed by atoms with Gasteiger partial charge in [0.1, 0.15) is 12.0 Å². The first-order chi connectivity index (χ1) is 7.34. The normalized spacial score (nSPS) is 11.0. The summed E-state index contributed by atoms with van der Waals surface area (Å²) in [6.45, 7) is 2.00. The minimum Gasteiger partial charge on any atom is -0.346 e. The molecule has 5 nitrogen and oxygen atoms in total. The van der Waals surface area contributed by atoms with Gasteiger partial charge in [-0.1, -0.05) is 0 Å². The Labute approximate surface area is 85.8 Å². The Kier molecular flexibility index (Phi) is 1.58. The summed E-state index contributed by atoms with van der Waals surface area (Å²) in [6, 6.07) is 1.95. The summed E-state index contributed by atoms with van der Waals surface area (Å²) >= 11 is 0. The second-order valence-electron chi connectivity index (χ2n) is 3.40. The van der Waals surface area contributed by atoms with Crippen LogP contribution in [-0.4, -0.2) is 24.7 Å². The molecule has 0 spiro atoms. The number of aromatic amines is 1. The molecule has 0 aliphatic heterocycles. The van der Waals surface area contributed by atoms with E-state index < -0.39 is 0 Å². The van der Waals surface area contributed by atoms with E-state index in [1.165, 1.54) is 6.33 Å². The fraction of sp³-hybridized carbons (Fsp3) is 0.100. The Morgan fingerprint density at radius 2 is 2.27 bits per heavy atom. The highest BCUT2D eigenvalue weighted by Gasteiger charge is 2.06. The van der Waals surface area contributed by atoms with Crippen molar-refractivity contribution < 1.29 is 0 Å². The lowest BCUT2D eigenvalue weighted by Gasteiger charge is -2.00. The van der Waals surface area contributed by atoms with Crippen molar-refractivity contribution in [3.63, 3.8) is 0 Å². The zero-order valence-electron chi connectivity index (χ0n) is 8.18. The zero-order chi connectivity index (χ0) is 10.3. The average molecular weight is 199 g/mol. The van der Waals surface area contributed by atoms with Gasteiger partial charge < -0.3 is 4.98 Å². The summed E-state index contributed by atoms with van der Waals surface area (Å²) in [5.74, 6) is 0.800. The third-order valence-corrected chi connectivity index (χ3v) is 2.26. The number of hydrogen-bond acceptors (Lipinski definition) is 3. The van der Waals surface area contributed by atoms with Crippen LogP contribution in [0.5, 0.6) is 0 Å². The molecule has 0 fully saturated rings. The van der Waals surface area contributed by atoms with Crippen molar-refractivity contribution in [2.45, 2.75) is 6.92 Å². The predicted molar refractivity (Wildman–Crippen MR) is 55.7 cm³/mol. The van der Waals surface area contributed by atoms with E-state index in [4.69, 9.17) is 0 Å². The van der Waals surface area contributed by atoms with Crippen molar-refractivity contribution in [2.75, 3.05) is 0 Å². The number of aromatic nitrogens is 5. The van der Waals surface area contributed by atoms with Crippen LogP contribution in [0.4, 0.5) is 0 Å². The average Bonchev–Trinajstić information content (AvgIpc) is 2.84. The first-order valence-electron chi connectivity index (χ1n) is 4.64. The minimum absolute atomic E-state index is 0.800. The lowest BCUT2D eigenvalue weighted by molar-refractivity contribution is 0.850. The van der Waals surface area contributed by atoms with Crippen LogP contribution in [0.1, 0.15) is 5.56 Å². The van der Waals surface area contributed by atoms with E-state index in [1.807, 2.05) is 25.4 Å². The molecule has 0 aromatic carbocycles. The molecule has 0 bridgehead atoms. The monoisotopic (exact) mass is 199 g/mol. The molecular weight excluding hydrogens is 190 g/mol. The van der Waals surface area contributed by atoms with Crippen molar-refractivity contribution in [3.05, 3.63) is 36.5 Å². The zero-order valence-corrected chi connectivity index (χ0v) is 8.18. The van der Waals surface area contributed by atoms with Gasteiger partial charge in [0.25, 0.3) is 0 Å². The van der Waals surface area contributed by atoms with E-state index in [0.717, 1.165) is 22.4 Å². The van der Waals surface area contributed by atoms with Crippen molar-refractivity contribution in [1.82, 2.24) is 24.7 Å². The quantitative estimate of drug-likeness (QED) is 0.645. The molecule has 0 saturated heterocycles. The maximum atomic E-state index is 4.23. The Morgan fingerprint density at radius 3 is 3.07 bits per heavy atom. The molecule has 15 heavy (non-hydrogen) atoms. The number of nitrogens with zero attached hydrogens (tertiary/aromatic N) is 4. The Morgan fingerprint density at radius 1 is 1.33 bits per heavy atom. The van der Waals surface area contributed by atoms with Crippen LogP contribution in [0.15, 0.2) is 31.0 Å². The standard InChI is InChI=1S/C10H9N5/c1-7-4-14-15(5-7)10-8-2-3-11-9(8)12-6-13-10/h2-6H,1H3,(H,11,12,13). The molecule has 74 valence electrons. The van der Waals surface area contributed by atoms with E-state index in [-0.39, 0.29) is 0 Å². The van der Waals surface area contributed by atoms with Gasteiger partial charge in [0.05, 0.1) is 11.6 Å². The van der Waals surface area contributed by atoms with Crippen molar-refractivity contribution in [2.24, 2.45) is 0 Å². The summed E-state index contributed by atoms with van der Waals surface area (Å²) in [5, 5.41) is 5.20. The molecule has 0 radical (unpaired) electrons. The lowest BCUT2D eigenvalue weighted by atomic mass is 10.4. The smallest absolute Gasteiger partial charge is 0.166 e. The highest BCUT2D eigenvalue weighted by molar-refractivity contribution is 5.82. The molecule has 3 rings (SSSR count). The molecule has 3 aromatic rings. The SMILES string of the molecule is Cc1cnn(-c2ncnc3[nH]ccc23)c1. The lowest BCUT2D eigenvalue weighted by Crippen LogP contribution is -1.98. The summed E-state index contributed by atoms with van der Waals surface area (Å²) in [5.41, 5.74) is 1.94. The number of fused-ring (bicyclic) bond motifs is 1. The van der Waals surface area contributed by atoms with E-state index >= 15 is 0 Å². The molecule has 0 aliphatic rings. The summed E-state index contributed by atoms with van der Waals surface area (Å²) < 4.78 is 1.76. The predicted octanol–water partition coefficient (Wildman–Crippen LogP) is 1.45. The first-order valence-corrected chi connectivity index (χ1v) is 4.64. The largest absolute Gasteiger partial charge is 0.346 e. The third-order valence-electron chi connectivity index (χ3n) is 2.26. The van der Waals surface area contributed by atoms with Crippen molar-refractivity contribution >= 4 is 11.0 Å². The van der Waals surface area contributed by atoms with Crippen molar-refractivity contribution in [1.29, 1.82) is 0 Å². The van der Waals surface area contributed by atoms with Gasteiger partial charge >= 0.3 is 0 Å². The van der Waals surface area contributed by atoms with Gasteiger partial charge in [-0.05, 0) is 18.6 Å². The van der Waals surface area contributed by atoms with Gasteiger partial charge in [0, 0.05) is 12.4 Å². The highest BCUT2D eigenvalue weighted by Crippen LogP contribution is 2.16. The van der Waals surface area contributed by atoms with Crippen LogP contribution < -0.4 is 0 Å². The number of aryl methyl sites for hydroxylation is 1.